The molecule has 0 aliphatic carbocycles. The Morgan fingerprint density at radius 2 is 2.00 bits per heavy atom. The SMILES string of the molecule is Cc1ccc(C(F)(F)F)cc1NC1CCOC(C)(C)C1. The van der Waals surface area contributed by atoms with Crippen LogP contribution in [0.5, 0.6) is 0 Å². The predicted molar refractivity (Wildman–Crippen MR) is 72.9 cm³/mol. The molecule has 1 aromatic carbocycles. The second-order valence-corrected chi connectivity index (χ2v) is 5.97. The Hall–Kier alpha value is -1.23. The van der Waals surface area contributed by atoms with E-state index in [9.17, 15) is 13.2 Å². The van der Waals surface area contributed by atoms with E-state index in [2.05, 4.69) is 5.32 Å². The molecule has 0 amide bonds. The summed E-state index contributed by atoms with van der Waals surface area (Å²) in [5, 5.41) is 3.24. The van der Waals surface area contributed by atoms with Crippen molar-refractivity contribution >= 4 is 5.69 Å². The molecule has 5 heteroatoms. The van der Waals surface area contributed by atoms with Crippen LogP contribution in [0.3, 0.4) is 0 Å². The molecule has 1 N–H and O–H groups in total. The molecule has 1 aromatic rings. The second-order valence-electron chi connectivity index (χ2n) is 5.97. The molecule has 0 aromatic heterocycles. The van der Waals surface area contributed by atoms with Crippen molar-refractivity contribution in [2.45, 2.75) is 51.4 Å². The van der Waals surface area contributed by atoms with Crippen molar-refractivity contribution in [1.82, 2.24) is 0 Å². The Bertz CT molecular complexity index is 482. The number of rotatable bonds is 2. The first-order valence-electron chi connectivity index (χ1n) is 6.76. The number of halogens is 3. The van der Waals surface area contributed by atoms with Gasteiger partial charge >= 0.3 is 6.18 Å². The lowest BCUT2D eigenvalue weighted by atomic mass is 9.93. The minimum atomic E-state index is -4.31. The summed E-state index contributed by atoms with van der Waals surface area (Å²) in [6.07, 6.45) is -2.72. The number of alkyl halides is 3. The predicted octanol–water partition coefficient (Wildman–Crippen LogP) is 4.38. The highest BCUT2D eigenvalue weighted by Gasteiger charge is 2.32. The lowest BCUT2D eigenvalue weighted by Crippen LogP contribution is -2.40. The van der Waals surface area contributed by atoms with Crippen LogP contribution in [0.1, 0.15) is 37.8 Å². The van der Waals surface area contributed by atoms with Crippen molar-refractivity contribution in [2.24, 2.45) is 0 Å². The van der Waals surface area contributed by atoms with E-state index in [0.717, 1.165) is 24.5 Å². The molecular weight excluding hydrogens is 267 g/mol. The van der Waals surface area contributed by atoms with E-state index < -0.39 is 11.7 Å². The molecule has 0 spiro atoms. The fourth-order valence-electron chi connectivity index (χ4n) is 2.53. The van der Waals surface area contributed by atoms with Gasteiger partial charge in [0.1, 0.15) is 0 Å². The van der Waals surface area contributed by atoms with Gasteiger partial charge in [0.05, 0.1) is 11.2 Å². The van der Waals surface area contributed by atoms with Gasteiger partial charge < -0.3 is 10.1 Å². The van der Waals surface area contributed by atoms with Crippen LogP contribution in [0.25, 0.3) is 0 Å². The molecule has 1 unspecified atom stereocenters. The van der Waals surface area contributed by atoms with Crippen LogP contribution < -0.4 is 5.32 Å². The molecule has 1 aliphatic rings. The van der Waals surface area contributed by atoms with Gasteiger partial charge in [-0.25, -0.2) is 0 Å². The molecule has 1 aliphatic heterocycles. The van der Waals surface area contributed by atoms with Crippen LogP contribution in [0.15, 0.2) is 18.2 Å². The monoisotopic (exact) mass is 287 g/mol. The third-order valence-electron chi connectivity index (χ3n) is 3.62. The van der Waals surface area contributed by atoms with E-state index in [1.807, 2.05) is 20.8 Å². The van der Waals surface area contributed by atoms with Crippen LogP contribution in [0.2, 0.25) is 0 Å². The number of nitrogens with one attached hydrogen (secondary N) is 1. The molecule has 1 saturated heterocycles. The standard InChI is InChI=1S/C15H20F3NO/c1-10-4-5-11(15(16,17)18)8-13(10)19-12-6-7-20-14(2,3)9-12/h4-5,8,12,19H,6-7,9H2,1-3H3. The number of benzene rings is 1. The summed E-state index contributed by atoms with van der Waals surface area (Å²) in [7, 11) is 0. The van der Waals surface area contributed by atoms with Gasteiger partial charge in [-0.2, -0.15) is 13.2 Å². The van der Waals surface area contributed by atoms with Crippen molar-refractivity contribution in [3.8, 4) is 0 Å². The first-order chi connectivity index (χ1) is 9.17. The van der Waals surface area contributed by atoms with Gasteiger partial charge in [0, 0.05) is 18.3 Å². The van der Waals surface area contributed by atoms with E-state index in [4.69, 9.17) is 4.74 Å². The minimum Gasteiger partial charge on any atom is -0.382 e. The van der Waals surface area contributed by atoms with Gasteiger partial charge in [0.2, 0.25) is 0 Å². The normalized spacial score (nSPS) is 22.6. The zero-order valence-electron chi connectivity index (χ0n) is 12.0. The van der Waals surface area contributed by atoms with Crippen molar-refractivity contribution in [2.75, 3.05) is 11.9 Å². The molecule has 112 valence electrons. The lowest BCUT2D eigenvalue weighted by Gasteiger charge is -2.36. The van der Waals surface area contributed by atoms with Gasteiger partial charge in [-0.05, 0) is 51.3 Å². The Morgan fingerprint density at radius 3 is 2.60 bits per heavy atom. The fraction of sp³-hybridized carbons (Fsp3) is 0.600. The Labute approximate surface area is 117 Å². The molecular formula is C15H20F3NO. The third kappa shape index (κ3) is 3.66. The first kappa shape index (κ1) is 15.2. The zero-order chi connectivity index (χ0) is 15.0. The molecule has 1 fully saturated rings. The summed E-state index contributed by atoms with van der Waals surface area (Å²) < 4.78 is 43.9. The smallest absolute Gasteiger partial charge is 0.382 e. The molecule has 0 radical (unpaired) electrons. The summed E-state index contributed by atoms with van der Waals surface area (Å²) in [6, 6.07) is 3.96. The van der Waals surface area contributed by atoms with Gasteiger partial charge in [-0.3, -0.25) is 0 Å². The van der Waals surface area contributed by atoms with E-state index in [1.165, 1.54) is 12.1 Å². The lowest BCUT2D eigenvalue weighted by molar-refractivity contribution is -0.137. The maximum Gasteiger partial charge on any atom is 0.416 e. The molecule has 1 heterocycles. The van der Waals surface area contributed by atoms with E-state index in [1.54, 1.807) is 0 Å². The highest BCUT2D eigenvalue weighted by Crippen LogP contribution is 2.33. The molecule has 0 saturated carbocycles. The highest BCUT2D eigenvalue weighted by molar-refractivity contribution is 5.54. The summed E-state index contributed by atoms with van der Waals surface area (Å²) in [5.74, 6) is 0. The number of anilines is 1. The number of hydrogen-bond donors (Lipinski definition) is 1. The first-order valence-corrected chi connectivity index (χ1v) is 6.76. The van der Waals surface area contributed by atoms with Gasteiger partial charge in [0.25, 0.3) is 0 Å². The summed E-state index contributed by atoms with van der Waals surface area (Å²) in [5.41, 5.74) is 0.535. The summed E-state index contributed by atoms with van der Waals surface area (Å²) >= 11 is 0. The third-order valence-corrected chi connectivity index (χ3v) is 3.62. The summed E-state index contributed by atoms with van der Waals surface area (Å²) in [6.45, 7) is 6.44. The number of aryl methyl sites for hydroxylation is 1. The van der Waals surface area contributed by atoms with E-state index >= 15 is 0 Å². The topological polar surface area (TPSA) is 21.3 Å². The Balaban J connectivity index is 2.16. The van der Waals surface area contributed by atoms with Crippen molar-refractivity contribution in [1.29, 1.82) is 0 Å². The average molecular weight is 287 g/mol. The van der Waals surface area contributed by atoms with E-state index in [-0.39, 0.29) is 11.6 Å². The van der Waals surface area contributed by atoms with Crippen molar-refractivity contribution in [3.63, 3.8) is 0 Å². The van der Waals surface area contributed by atoms with Crippen molar-refractivity contribution in [3.05, 3.63) is 29.3 Å². The number of hydrogen-bond acceptors (Lipinski definition) is 2. The summed E-state index contributed by atoms with van der Waals surface area (Å²) in [4.78, 5) is 0. The average Bonchev–Trinajstić information content (AvgIpc) is 2.29. The zero-order valence-corrected chi connectivity index (χ0v) is 12.0. The van der Waals surface area contributed by atoms with Gasteiger partial charge in [0.15, 0.2) is 0 Å². The molecule has 0 bridgehead atoms. The van der Waals surface area contributed by atoms with Crippen LogP contribution in [0.4, 0.5) is 18.9 Å². The largest absolute Gasteiger partial charge is 0.416 e. The van der Waals surface area contributed by atoms with E-state index in [0.29, 0.717) is 12.3 Å². The maximum absolute atomic E-state index is 12.8. The van der Waals surface area contributed by atoms with Crippen LogP contribution in [-0.4, -0.2) is 18.2 Å². The fourth-order valence-corrected chi connectivity index (χ4v) is 2.53. The quantitative estimate of drug-likeness (QED) is 0.871. The molecule has 2 rings (SSSR count). The van der Waals surface area contributed by atoms with Crippen LogP contribution in [0, 0.1) is 6.92 Å². The molecule has 2 nitrogen and oxygen atoms in total. The Morgan fingerprint density at radius 1 is 1.30 bits per heavy atom. The van der Waals surface area contributed by atoms with Crippen LogP contribution in [-0.2, 0) is 10.9 Å². The maximum atomic E-state index is 12.8. The van der Waals surface area contributed by atoms with Gasteiger partial charge in [-0.15, -0.1) is 0 Å². The highest BCUT2D eigenvalue weighted by atomic mass is 19.4. The molecule has 20 heavy (non-hydrogen) atoms. The van der Waals surface area contributed by atoms with Crippen molar-refractivity contribution < 1.29 is 17.9 Å². The van der Waals surface area contributed by atoms with Gasteiger partial charge in [-0.1, -0.05) is 6.07 Å². The van der Waals surface area contributed by atoms with Crippen LogP contribution >= 0.6 is 0 Å². The molecule has 1 atom stereocenters. The number of ether oxygens (including phenoxy) is 1. The second kappa shape index (κ2) is 5.28. The Kier molecular flexibility index (Phi) is 4.00. The minimum absolute atomic E-state index is 0.140.